The zero-order valence-electron chi connectivity index (χ0n) is 42.8. The summed E-state index contributed by atoms with van der Waals surface area (Å²) in [6.45, 7) is 15.0. The number of hydrogen-bond donors (Lipinski definition) is 3. The van der Waals surface area contributed by atoms with E-state index in [2.05, 4.69) is 12.1 Å². The summed E-state index contributed by atoms with van der Waals surface area (Å²) in [5.74, 6) is -7.96. The van der Waals surface area contributed by atoms with Crippen LogP contribution in [0.3, 0.4) is 0 Å². The fraction of sp³-hybridized carbons (Fsp3) is 0.691. The number of fused-ring (bicyclic) bond motifs is 3. The van der Waals surface area contributed by atoms with E-state index in [1.807, 2.05) is 65.0 Å². The predicted molar refractivity (Wildman–Crippen MR) is 266 cm³/mol. The van der Waals surface area contributed by atoms with Crippen LogP contribution in [0.2, 0.25) is 0 Å². The van der Waals surface area contributed by atoms with Gasteiger partial charge in [0.15, 0.2) is 5.78 Å². The fourth-order valence-electron chi connectivity index (χ4n) is 10.8. The number of carbonyl (C=O) groups excluding carboxylic acids is 5. The van der Waals surface area contributed by atoms with Crippen LogP contribution in [0.4, 0.5) is 0 Å². The lowest BCUT2D eigenvalue weighted by Gasteiger charge is -2.43. The van der Waals surface area contributed by atoms with Crippen LogP contribution in [0.1, 0.15) is 141 Å². The highest BCUT2D eigenvalue weighted by Gasteiger charge is 2.53. The summed E-state index contributed by atoms with van der Waals surface area (Å²) in [5, 5.41) is 34.2. The van der Waals surface area contributed by atoms with Gasteiger partial charge in [-0.05, 0) is 127 Å². The van der Waals surface area contributed by atoms with Crippen LogP contribution in [0.25, 0.3) is 0 Å². The number of aliphatic hydroxyl groups excluding tert-OH is 2. The van der Waals surface area contributed by atoms with E-state index in [9.17, 15) is 39.3 Å². The molecule has 2 bridgehead atoms. The van der Waals surface area contributed by atoms with Crippen molar-refractivity contribution >= 4 is 40.6 Å². The molecule has 15 atom stereocenters. The van der Waals surface area contributed by atoms with Gasteiger partial charge >= 0.3 is 5.97 Å². The highest BCUT2D eigenvalue weighted by molar-refractivity contribution is 7.12. The Balaban J connectivity index is 1.50. The molecule has 3 aliphatic heterocycles. The van der Waals surface area contributed by atoms with Crippen LogP contribution >= 0.6 is 11.3 Å². The summed E-state index contributed by atoms with van der Waals surface area (Å²) in [4.78, 5) is 74.8. The number of rotatable bonds is 6. The van der Waals surface area contributed by atoms with Crippen molar-refractivity contribution in [3.8, 4) is 0 Å². The summed E-state index contributed by atoms with van der Waals surface area (Å²) >= 11 is 1.67. The molecule has 1 aliphatic carbocycles. The molecule has 3 N–H and O–H groups in total. The van der Waals surface area contributed by atoms with Crippen molar-refractivity contribution < 1.29 is 58.2 Å². The standard InChI is InChI=1S/C55H81NO12S/c1-32-16-12-11-13-17-33(2)42(48-24-20-39(8)69-48)30-41-22-19-38(7)55(64,68-41)52(61)53(62)56-25-15-14-18-43(56)54(63)67-46(35(4)28-40-21-23-44(57)47(29-40)65-9)31-45(58)34(3)27-37(6)50(60)51(66-10)49(59)36(5)26-32/h11-13,16-17,20,24,27,32,34-36,38,40-44,46-47,50-51,57,60,64H,14-15,18-19,21-23,25-26,28-31H2,1-10H3/b13-11?,16-12-,33-17?,37-27?. The van der Waals surface area contributed by atoms with E-state index < -0.39 is 77.8 Å². The Labute approximate surface area is 414 Å². The van der Waals surface area contributed by atoms with Crippen LogP contribution in [0.15, 0.2) is 59.7 Å². The molecule has 384 valence electrons. The van der Waals surface area contributed by atoms with Crippen molar-refractivity contribution in [3.05, 3.63) is 69.5 Å². The number of aliphatic hydroxyl groups is 3. The number of aryl methyl sites for hydroxylation is 1. The van der Waals surface area contributed by atoms with Gasteiger partial charge in [-0.2, -0.15) is 0 Å². The molecule has 2 saturated heterocycles. The number of cyclic esters (lactones) is 1. The Hall–Kier alpha value is -3.63. The molecule has 5 rings (SSSR count). The van der Waals surface area contributed by atoms with E-state index in [1.54, 1.807) is 45.3 Å². The smallest absolute Gasteiger partial charge is 0.329 e. The van der Waals surface area contributed by atoms with Gasteiger partial charge < -0.3 is 39.2 Å². The SMILES string of the molecule is COC1CC(CC(C)C2CC(=O)C(C)C=C(C)C(O)C(OC)C(=O)C(C)CC(C)/C=C\C=CC=C(C)C(c3ccc(C)s3)CC3CCC(C)C(O)(O3)C(=O)C(=O)N3CCCCC3C(=O)O2)CCC1O. The average molecular weight is 980 g/mol. The number of Topliss-reactive ketones (excluding diaryl/α,β-unsaturated/α-hetero) is 3. The number of amides is 1. The summed E-state index contributed by atoms with van der Waals surface area (Å²) < 4.78 is 23.9. The molecule has 1 aromatic rings. The Morgan fingerprint density at radius 1 is 0.870 bits per heavy atom. The molecule has 69 heavy (non-hydrogen) atoms. The number of ketones is 3. The molecule has 1 amide bonds. The third kappa shape index (κ3) is 14.5. The van der Waals surface area contributed by atoms with Gasteiger partial charge in [0.2, 0.25) is 5.79 Å². The third-order valence-corrected chi connectivity index (χ3v) is 16.5. The molecule has 3 fully saturated rings. The normalized spacial score (nSPS) is 36.8. The number of thiophene rings is 1. The zero-order valence-corrected chi connectivity index (χ0v) is 43.6. The molecular weight excluding hydrogens is 899 g/mol. The Kier molecular flexibility index (Phi) is 20.9. The number of methoxy groups -OCH3 is 2. The number of piperidine rings is 1. The Bertz CT molecular complexity index is 2060. The van der Waals surface area contributed by atoms with Crippen molar-refractivity contribution in [2.75, 3.05) is 20.8 Å². The molecular formula is C55H81NO12S. The number of carbonyl (C=O) groups is 5. The average Bonchev–Trinajstić information content (AvgIpc) is 3.76. The number of nitrogens with zero attached hydrogens (tertiary/aromatic N) is 1. The minimum atomic E-state index is -2.42. The second kappa shape index (κ2) is 25.7. The number of ether oxygens (including phenoxy) is 4. The third-order valence-electron chi connectivity index (χ3n) is 15.4. The molecule has 4 aliphatic rings. The minimum Gasteiger partial charge on any atom is -0.460 e. The lowest BCUT2D eigenvalue weighted by atomic mass is 9.78. The molecule has 0 aromatic carbocycles. The van der Waals surface area contributed by atoms with E-state index in [0.717, 1.165) is 21.7 Å². The topological polar surface area (TPSA) is 186 Å². The van der Waals surface area contributed by atoms with Gasteiger partial charge in [0.1, 0.15) is 30.1 Å². The summed E-state index contributed by atoms with van der Waals surface area (Å²) in [5.41, 5.74) is 1.44. The first-order chi connectivity index (χ1) is 32.7. The predicted octanol–water partition coefficient (Wildman–Crippen LogP) is 8.32. The van der Waals surface area contributed by atoms with Gasteiger partial charge in [0.05, 0.1) is 18.3 Å². The van der Waals surface area contributed by atoms with Crippen molar-refractivity contribution in [1.29, 1.82) is 0 Å². The van der Waals surface area contributed by atoms with Crippen molar-refractivity contribution in [2.45, 2.75) is 187 Å². The van der Waals surface area contributed by atoms with E-state index in [4.69, 9.17) is 18.9 Å². The summed E-state index contributed by atoms with van der Waals surface area (Å²) in [6, 6.07) is 3.02. The largest absolute Gasteiger partial charge is 0.460 e. The van der Waals surface area contributed by atoms with Gasteiger partial charge in [-0.3, -0.25) is 19.2 Å². The van der Waals surface area contributed by atoms with Crippen LogP contribution < -0.4 is 0 Å². The monoisotopic (exact) mass is 980 g/mol. The lowest BCUT2D eigenvalue weighted by Crippen LogP contribution is -2.60. The first kappa shape index (κ1) is 56.3. The number of esters is 1. The summed E-state index contributed by atoms with van der Waals surface area (Å²) in [6.07, 6.45) is 12.3. The molecule has 14 heteroatoms. The van der Waals surface area contributed by atoms with Crippen LogP contribution in [-0.2, 0) is 42.9 Å². The fourth-order valence-corrected chi connectivity index (χ4v) is 11.9. The first-order valence-electron chi connectivity index (χ1n) is 25.4. The molecule has 0 spiro atoms. The molecule has 0 radical (unpaired) electrons. The van der Waals surface area contributed by atoms with Crippen molar-refractivity contribution in [3.63, 3.8) is 0 Å². The zero-order chi connectivity index (χ0) is 50.7. The highest BCUT2D eigenvalue weighted by atomic mass is 32.1. The summed E-state index contributed by atoms with van der Waals surface area (Å²) in [7, 11) is 2.96. The number of hydrogen-bond acceptors (Lipinski definition) is 13. The van der Waals surface area contributed by atoms with Gasteiger partial charge in [0.25, 0.3) is 11.7 Å². The second-order valence-electron chi connectivity index (χ2n) is 20.9. The minimum absolute atomic E-state index is 0.0241. The number of allylic oxidation sites excluding steroid dienone is 7. The molecule has 4 heterocycles. The second-order valence-corrected chi connectivity index (χ2v) is 22.2. The van der Waals surface area contributed by atoms with Crippen molar-refractivity contribution in [2.24, 2.45) is 35.5 Å². The maximum Gasteiger partial charge on any atom is 0.329 e. The van der Waals surface area contributed by atoms with Gasteiger partial charge in [-0.15, -0.1) is 11.3 Å². The van der Waals surface area contributed by atoms with Crippen LogP contribution in [0.5, 0.6) is 0 Å². The lowest BCUT2D eigenvalue weighted by molar-refractivity contribution is -0.264. The van der Waals surface area contributed by atoms with Crippen molar-refractivity contribution in [1.82, 2.24) is 4.90 Å². The maximum atomic E-state index is 14.5. The van der Waals surface area contributed by atoms with Crippen LogP contribution in [-0.4, -0.2) is 119 Å². The van der Waals surface area contributed by atoms with E-state index in [0.29, 0.717) is 63.4 Å². The molecule has 1 saturated carbocycles. The maximum absolute atomic E-state index is 14.5. The Morgan fingerprint density at radius 3 is 2.29 bits per heavy atom. The Morgan fingerprint density at radius 2 is 1.61 bits per heavy atom. The van der Waals surface area contributed by atoms with Crippen LogP contribution in [0, 0.1) is 42.4 Å². The van der Waals surface area contributed by atoms with Gasteiger partial charge in [-0.25, -0.2) is 4.79 Å². The first-order valence-corrected chi connectivity index (χ1v) is 26.2. The van der Waals surface area contributed by atoms with E-state index >= 15 is 0 Å². The highest BCUT2D eigenvalue weighted by Crippen LogP contribution is 2.41. The quantitative estimate of drug-likeness (QED) is 0.141. The molecule has 1 aromatic heterocycles. The van der Waals surface area contributed by atoms with E-state index in [-0.39, 0.29) is 60.7 Å². The molecule has 15 unspecified atom stereocenters. The molecule has 13 nitrogen and oxygen atoms in total. The van der Waals surface area contributed by atoms with Gasteiger partial charge in [-0.1, -0.05) is 76.6 Å². The van der Waals surface area contributed by atoms with Gasteiger partial charge in [0, 0.05) is 60.6 Å². The van der Waals surface area contributed by atoms with E-state index in [1.165, 1.54) is 12.0 Å².